The van der Waals surface area contributed by atoms with Gasteiger partial charge in [0, 0.05) is 19.3 Å². The quantitative estimate of drug-likeness (QED) is 0.549. The third kappa shape index (κ3) is 4.71. The highest BCUT2D eigenvalue weighted by Crippen LogP contribution is 2.32. The van der Waals surface area contributed by atoms with Crippen molar-refractivity contribution in [2.45, 2.75) is 33.2 Å². The van der Waals surface area contributed by atoms with Crippen molar-refractivity contribution < 1.29 is 4.79 Å². The standard InChI is InChI=1S/C20H27N5OS.ClH/c1-5-15-9-7-10-17-18(15)22-20(27-17)24(14-8-13-23(3)4)19(26)16-11-12-21-25(16)6-2;/h7,9-12H,5-6,8,13-14H2,1-4H3;1H. The summed E-state index contributed by atoms with van der Waals surface area (Å²) in [5, 5.41) is 5.02. The molecule has 6 nitrogen and oxygen atoms in total. The molecule has 0 aliphatic heterocycles. The topological polar surface area (TPSA) is 54.3 Å². The van der Waals surface area contributed by atoms with E-state index in [1.165, 1.54) is 5.56 Å². The van der Waals surface area contributed by atoms with Crippen molar-refractivity contribution in [1.82, 2.24) is 19.7 Å². The number of para-hydroxylation sites is 1. The molecule has 0 atom stereocenters. The first-order valence-corrected chi connectivity index (χ1v) is 10.2. The molecular weight excluding hydrogens is 394 g/mol. The zero-order valence-corrected chi connectivity index (χ0v) is 18.5. The Morgan fingerprint density at radius 3 is 2.64 bits per heavy atom. The maximum atomic E-state index is 13.3. The average Bonchev–Trinajstić information content (AvgIpc) is 3.30. The van der Waals surface area contributed by atoms with E-state index in [-0.39, 0.29) is 18.3 Å². The van der Waals surface area contributed by atoms with Gasteiger partial charge in [-0.05, 0) is 58.1 Å². The largest absolute Gasteiger partial charge is 0.309 e. The molecule has 1 aromatic carbocycles. The van der Waals surface area contributed by atoms with Crippen LogP contribution in [0.5, 0.6) is 0 Å². The summed E-state index contributed by atoms with van der Waals surface area (Å²) >= 11 is 1.58. The predicted octanol–water partition coefficient (Wildman–Crippen LogP) is 4.10. The van der Waals surface area contributed by atoms with Crippen LogP contribution in [0.1, 0.15) is 36.3 Å². The van der Waals surface area contributed by atoms with Crippen LogP contribution in [0.3, 0.4) is 0 Å². The first kappa shape index (κ1) is 22.3. The van der Waals surface area contributed by atoms with Gasteiger partial charge < -0.3 is 4.90 Å². The first-order chi connectivity index (χ1) is 13.0. The highest BCUT2D eigenvalue weighted by atomic mass is 35.5. The maximum Gasteiger partial charge on any atom is 0.278 e. The minimum Gasteiger partial charge on any atom is -0.309 e. The molecular formula is C20H28ClN5OS. The van der Waals surface area contributed by atoms with Gasteiger partial charge in [0.1, 0.15) is 5.69 Å². The molecule has 0 aliphatic carbocycles. The number of hydrogen-bond acceptors (Lipinski definition) is 5. The van der Waals surface area contributed by atoms with Crippen molar-refractivity contribution in [1.29, 1.82) is 0 Å². The van der Waals surface area contributed by atoms with E-state index in [4.69, 9.17) is 4.98 Å². The van der Waals surface area contributed by atoms with Gasteiger partial charge in [-0.15, -0.1) is 12.4 Å². The molecule has 0 radical (unpaired) electrons. The van der Waals surface area contributed by atoms with Crippen molar-refractivity contribution in [3.63, 3.8) is 0 Å². The number of nitrogens with zero attached hydrogens (tertiary/aromatic N) is 5. The summed E-state index contributed by atoms with van der Waals surface area (Å²) in [4.78, 5) is 22.1. The third-order valence-corrected chi connectivity index (χ3v) is 5.61. The zero-order chi connectivity index (χ0) is 19.4. The van der Waals surface area contributed by atoms with Gasteiger partial charge in [0.25, 0.3) is 5.91 Å². The Morgan fingerprint density at radius 1 is 1.18 bits per heavy atom. The Hall–Kier alpha value is -1.96. The van der Waals surface area contributed by atoms with Crippen LogP contribution in [0.2, 0.25) is 0 Å². The second-order valence-electron chi connectivity index (χ2n) is 6.76. The van der Waals surface area contributed by atoms with E-state index < -0.39 is 0 Å². The fraction of sp³-hybridized carbons (Fsp3) is 0.450. The van der Waals surface area contributed by atoms with E-state index >= 15 is 0 Å². The number of aryl methyl sites for hydroxylation is 2. The monoisotopic (exact) mass is 421 g/mol. The Labute approximate surface area is 176 Å². The molecule has 3 rings (SSSR count). The van der Waals surface area contributed by atoms with Crippen molar-refractivity contribution in [2.75, 3.05) is 32.1 Å². The van der Waals surface area contributed by atoms with Gasteiger partial charge in [0.15, 0.2) is 5.13 Å². The van der Waals surface area contributed by atoms with Crippen molar-refractivity contribution in [3.05, 3.63) is 41.7 Å². The number of halogens is 1. The fourth-order valence-electron chi connectivity index (χ4n) is 3.13. The minimum absolute atomic E-state index is 0. The summed E-state index contributed by atoms with van der Waals surface area (Å²) in [7, 11) is 4.09. The van der Waals surface area contributed by atoms with Crippen LogP contribution in [0.15, 0.2) is 30.5 Å². The zero-order valence-electron chi connectivity index (χ0n) is 16.9. The number of anilines is 1. The number of carbonyl (C=O) groups excluding carboxylic acids is 1. The van der Waals surface area contributed by atoms with Crippen molar-refractivity contribution in [3.8, 4) is 0 Å². The van der Waals surface area contributed by atoms with Crippen LogP contribution in [-0.2, 0) is 13.0 Å². The maximum absolute atomic E-state index is 13.3. The second kappa shape index (κ2) is 10.0. The molecule has 0 saturated heterocycles. The van der Waals surface area contributed by atoms with E-state index in [1.807, 2.05) is 25.9 Å². The summed E-state index contributed by atoms with van der Waals surface area (Å²) < 4.78 is 2.87. The van der Waals surface area contributed by atoms with Gasteiger partial charge in [0.05, 0.1) is 10.2 Å². The molecule has 0 N–H and O–H groups in total. The molecule has 2 heterocycles. The van der Waals surface area contributed by atoms with Crippen LogP contribution in [0.4, 0.5) is 5.13 Å². The van der Waals surface area contributed by atoms with E-state index in [0.29, 0.717) is 18.8 Å². The van der Waals surface area contributed by atoms with Gasteiger partial charge in [-0.2, -0.15) is 5.10 Å². The molecule has 1 amide bonds. The Kier molecular flexibility index (Phi) is 7.98. The lowest BCUT2D eigenvalue weighted by Crippen LogP contribution is -2.34. The molecule has 152 valence electrons. The average molecular weight is 422 g/mol. The number of benzene rings is 1. The normalized spacial score (nSPS) is 11.0. The molecule has 0 fully saturated rings. The SMILES string of the molecule is CCc1cccc2sc(N(CCCN(C)C)C(=O)c3ccnn3CC)nc12.Cl. The number of fused-ring (bicyclic) bond motifs is 1. The van der Waals surface area contributed by atoms with E-state index in [9.17, 15) is 4.79 Å². The Bertz CT molecular complexity index is 920. The Morgan fingerprint density at radius 2 is 1.96 bits per heavy atom. The number of carbonyl (C=O) groups is 1. The summed E-state index contributed by atoms with van der Waals surface area (Å²) in [5.41, 5.74) is 2.83. The molecule has 0 aliphatic rings. The molecule has 0 saturated carbocycles. The molecule has 0 bridgehead atoms. The third-order valence-electron chi connectivity index (χ3n) is 4.57. The highest BCUT2D eigenvalue weighted by Gasteiger charge is 2.24. The number of rotatable bonds is 8. The number of aromatic nitrogens is 3. The molecule has 0 unspecified atom stereocenters. The van der Waals surface area contributed by atoms with Gasteiger partial charge in [-0.3, -0.25) is 14.4 Å². The summed E-state index contributed by atoms with van der Waals surface area (Å²) in [5.74, 6) is -0.0368. The van der Waals surface area contributed by atoms with Crippen molar-refractivity contribution >= 4 is 45.0 Å². The summed E-state index contributed by atoms with van der Waals surface area (Å²) in [6.07, 6.45) is 3.50. The number of hydrogen-bond donors (Lipinski definition) is 0. The van der Waals surface area contributed by atoms with Crippen LogP contribution in [-0.4, -0.2) is 52.8 Å². The lowest BCUT2D eigenvalue weighted by molar-refractivity contribution is 0.0975. The van der Waals surface area contributed by atoms with Crippen LogP contribution in [0.25, 0.3) is 10.2 Å². The minimum atomic E-state index is -0.0368. The lowest BCUT2D eigenvalue weighted by atomic mass is 10.1. The number of amides is 1. The van der Waals surface area contributed by atoms with Crippen LogP contribution in [0, 0.1) is 0 Å². The van der Waals surface area contributed by atoms with E-state index in [0.717, 1.165) is 34.7 Å². The molecule has 3 aromatic rings. The first-order valence-electron chi connectivity index (χ1n) is 9.42. The van der Waals surface area contributed by atoms with Crippen molar-refractivity contribution in [2.24, 2.45) is 0 Å². The van der Waals surface area contributed by atoms with Gasteiger partial charge >= 0.3 is 0 Å². The molecule has 0 spiro atoms. The van der Waals surface area contributed by atoms with E-state index in [1.54, 1.807) is 28.3 Å². The molecule has 8 heteroatoms. The van der Waals surface area contributed by atoms with Crippen LogP contribution >= 0.6 is 23.7 Å². The molecule has 2 aromatic heterocycles. The van der Waals surface area contributed by atoms with Gasteiger partial charge in [-0.25, -0.2) is 4.98 Å². The summed E-state index contributed by atoms with van der Waals surface area (Å²) in [6.45, 7) is 6.34. The predicted molar refractivity (Wildman–Crippen MR) is 119 cm³/mol. The number of thiazole rings is 1. The van der Waals surface area contributed by atoms with Crippen LogP contribution < -0.4 is 4.90 Å². The summed E-state index contributed by atoms with van der Waals surface area (Å²) in [6, 6.07) is 8.04. The highest BCUT2D eigenvalue weighted by molar-refractivity contribution is 7.22. The van der Waals surface area contributed by atoms with Gasteiger partial charge in [-0.1, -0.05) is 30.4 Å². The fourth-order valence-corrected chi connectivity index (χ4v) is 4.17. The smallest absolute Gasteiger partial charge is 0.278 e. The second-order valence-corrected chi connectivity index (χ2v) is 7.77. The van der Waals surface area contributed by atoms with E-state index in [2.05, 4.69) is 35.1 Å². The lowest BCUT2D eigenvalue weighted by Gasteiger charge is -2.21. The van der Waals surface area contributed by atoms with Gasteiger partial charge in [0.2, 0.25) is 0 Å². The Balaban J connectivity index is 0.00000280. The molecule has 28 heavy (non-hydrogen) atoms.